The van der Waals surface area contributed by atoms with Crippen LogP contribution in [0.25, 0.3) is 0 Å². The van der Waals surface area contributed by atoms with E-state index in [1.54, 1.807) is 0 Å². The van der Waals surface area contributed by atoms with Gasteiger partial charge < -0.3 is 15.3 Å². The SMILES string of the molecule is O=C(O)C1CCCN1c1ccc(C2=NCCN2)cc1. The zero-order chi connectivity index (χ0) is 13.2. The molecule has 0 radical (unpaired) electrons. The lowest BCUT2D eigenvalue weighted by Gasteiger charge is -2.23. The van der Waals surface area contributed by atoms with Gasteiger partial charge in [-0.3, -0.25) is 4.99 Å². The molecule has 1 unspecified atom stereocenters. The molecule has 100 valence electrons. The number of aliphatic carboxylic acids is 1. The first-order valence-corrected chi connectivity index (χ1v) is 6.64. The van der Waals surface area contributed by atoms with Crippen LogP contribution in [0.3, 0.4) is 0 Å². The van der Waals surface area contributed by atoms with E-state index in [0.29, 0.717) is 0 Å². The van der Waals surface area contributed by atoms with Crippen molar-refractivity contribution in [1.82, 2.24) is 5.32 Å². The summed E-state index contributed by atoms with van der Waals surface area (Å²) in [5.41, 5.74) is 2.04. The molecule has 1 saturated heterocycles. The second-order valence-corrected chi connectivity index (χ2v) is 4.89. The minimum Gasteiger partial charge on any atom is -0.480 e. The van der Waals surface area contributed by atoms with E-state index in [2.05, 4.69) is 10.3 Å². The molecule has 1 atom stereocenters. The maximum atomic E-state index is 11.2. The molecule has 0 bridgehead atoms. The molecule has 5 heteroatoms. The van der Waals surface area contributed by atoms with Gasteiger partial charge in [0.2, 0.25) is 0 Å². The Balaban J connectivity index is 1.80. The molecule has 1 aromatic rings. The molecule has 1 fully saturated rings. The minimum atomic E-state index is -0.733. The van der Waals surface area contributed by atoms with E-state index in [0.717, 1.165) is 49.6 Å². The van der Waals surface area contributed by atoms with Crippen LogP contribution in [0, 0.1) is 0 Å². The summed E-state index contributed by atoms with van der Waals surface area (Å²) >= 11 is 0. The number of nitrogens with zero attached hydrogens (tertiary/aromatic N) is 2. The molecule has 2 N–H and O–H groups in total. The van der Waals surface area contributed by atoms with Gasteiger partial charge in [-0.15, -0.1) is 0 Å². The predicted molar refractivity (Wildman–Crippen MR) is 73.9 cm³/mol. The number of amidine groups is 1. The van der Waals surface area contributed by atoms with E-state index in [1.807, 2.05) is 29.2 Å². The number of carbonyl (C=O) groups is 1. The molecule has 19 heavy (non-hydrogen) atoms. The molecule has 5 nitrogen and oxygen atoms in total. The monoisotopic (exact) mass is 259 g/mol. The third-order valence-electron chi connectivity index (χ3n) is 3.68. The number of carboxylic acids is 1. The number of carboxylic acid groups (broad SMARTS) is 1. The third kappa shape index (κ3) is 2.28. The fraction of sp³-hybridized carbons (Fsp3) is 0.429. The van der Waals surface area contributed by atoms with Crippen LogP contribution in [0.1, 0.15) is 18.4 Å². The highest BCUT2D eigenvalue weighted by atomic mass is 16.4. The van der Waals surface area contributed by atoms with Gasteiger partial charge in [0.05, 0.1) is 6.54 Å². The Hall–Kier alpha value is -2.04. The Morgan fingerprint density at radius 1 is 1.37 bits per heavy atom. The quantitative estimate of drug-likeness (QED) is 0.853. The fourth-order valence-corrected chi connectivity index (χ4v) is 2.73. The summed E-state index contributed by atoms with van der Waals surface area (Å²) < 4.78 is 0. The molecule has 0 aliphatic carbocycles. The summed E-state index contributed by atoms with van der Waals surface area (Å²) in [4.78, 5) is 17.5. The molecule has 2 aliphatic heterocycles. The first kappa shape index (κ1) is 12.0. The van der Waals surface area contributed by atoms with Gasteiger partial charge in [0.1, 0.15) is 11.9 Å². The maximum Gasteiger partial charge on any atom is 0.326 e. The Morgan fingerprint density at radius 3 is 2.79 bits per heavy atom. The smallest absolute Gasteiger partial charge is 0.326 e. The molecule has 0 aromatic heterocycles. The second kappa shape index (κ2) is 4.91. The van der Waals surface area contributed by atoms with Crippen LogP contribution < -0.4 is 10.2 Å². The average molecular weight is 259 g/mol. The summed E-state index contributed by atoms with van der Waals surface area (Å²) in [6, 6.07) is 7.60. The summed E-state index contributed by atoms with van der Waals surface area (Å²) in [5, 5.41) is 12.4. The lowest BCUT2D eigenvalue weighted by molar-refractivity contribution is -0.138. The predicted octanol–water partition coefficient (Wildman–Crippen LogP) is 1.09. The molecule has 2 aliphatic rings. The summed E-state index contributed by atoms with van der Waals surface area (Å²) in [5.74, 6) is 0.200. The highest BCUT2D eigenvalue weighted by Gasteiger charge is 2.30. The van der Waals surface area contributed by atoms with Gasteiger partial charge in [0, 0.05) is 24.3 Å². The van der Waals surface area contributed by atoms with Crippen molar-refractivity contribution in [2.24, 2.45) is 4.99 Å². The number of hydrogen-bond acceptors (Lipinski definition) is 4. The van der Waals surface area contributed by atoms with Crippen LogP contribution in [0.2, 0.25) is 0 Å². The Bertz CT molecular complexity index is 510. The van der Waals surface area contributed by atoms with Crippen molar-refractivity contribution in [3.63, 3.8) is 0 Å². The van der Waals surface area contributed by atoms with E-state index in [-0.39, 0.29) is 6.04 Å². The largest absolute Gasteiger partial charge is 0.480 e. The maximum absolute atomic E-state index is 11.2. The third-order valence-corrected chi connectivity index (χ3v) is 3.68. The Morgan fingerprint density at radius 2 is 2.16 bits per heavy atom. The summed E-state index contributed by atoms with van der Waals surface area (Å²) in [6.07, 6.45) is 1.67. The number of anilines is 1. The van der Waals surface area contributed by atoms with E-state index < -0.39 is 5.97 Å². The number of benzene rings is 1. The van der Waals surface area contributed by atoms with Crippen molar-refractivity contribution in [2.45, 2.75) is 18.9 Å². The second-order valence-electron chi connectivity index (χ2n) is 4.89. The van der Waals surface area contributed by atoms with Gasteiger partial charge in [-0.25, -0.2) is 4.79 Å². The normalized spacial score (nSPS) is 22.2. The van der Waals surface area contributed by atoms with Crippen LogP contribution >= 0.6 is 0 Å². The van der Waals surface area contributed by atoms with Crippen molar-refractivity contribution < 1.29 is 9.90 Å². The lowest BCUT2D eigenvalue weighted by Crippen LogP contribution is -2.35. The highest BCUT2D eigenvalue weighted by Crippen LogP contribution is 2.26. The van der Waals surface area contributed by atoms with Crippen LogP contribution in [0.5, 0.6) is 0 Å². The van der Waals surface area contributed by atoms with E-state index in [4.69, 9.17) is 0 Å². The van der Waals surface area contributed by atoms with Gasteiger partial charge >= 0.3 is 5.97 Å². The van der Waals surface area contributed by atoms with Gasteiger partial charge in [0.25, 0.3) is 0 Å². The standard InChI is InChI=1S/C14H17N3O2/c18-14(19)12-2-1-9-17(12)11-5-3-10(4-6-11)13-15-7-8-16-13/h3-6,12H,1-2,7-9H2,(H,15,16)(H,18,19). The molecule has 0 spiro atoms. The average Bonchev–Trinajstić information content (AvgIpc) is 3.10. The summed E-state index contributed by atoms with van der Waals surface area (Å²) in [7, 11) is 0. The van der Waals surface area contributed by atoms with E-state index in [9.17, 15) is 9.90 Å². The van der Waals surface area contributed by atoms with Crippen molar-refractivity contribution in [2.75, 3.05) is 24.5 Å². The van der Waals surface area contributed by atoms with Crippen LogP contribution in [-0.2, 0) is 4.79 Å². The molecular weight excluding hydrogens is 242 g/mol. The molecular formula is C14H17N3O2. The van der Waals surface area contributed by atoms with Gasteiger partial charge in [0.15, 0.2) is 0 Å². The molecule has 0 saturated carbocycles. The van der Waals surface area contributed by atoms with Crippen LogP contribution in [0.4, 0.5) is 5.69 Å². The highest BCUT2D eigenvalue weighted by molar-refractivity contribution is 6.00. The lowest BCUT2D eigenvalue weighted by atomic mass is 10.1. The van der Waals surface area contributed by atoms with E-state index >= 15 is 0 Å². The van der Waals surface area contributed by atoms with Crippen LogP contribution in [0.15, 0.2) is 29.3 Å². The number of nitrogens with one attached hydrogen (secondary N) is 1. The zero-order valence-electron chi connectivity index (χ0n) is 10.7. The van der Waals surface area contributed by atoms with Crippen LogP contribution in [-0.4, -0.2) is 42.6 Å². The van der Waals surface area contributed by atoms with E-state index in [1.165, 1.54) is 0 Å². The number of aliphatic imine (C=N–C) groups is 1. The van der Waals surface area contributed by atoms with Crippen molar-refractivity contribution in [3.8, 4) is 0 Å². The fourth-order valence-electron chi connectivity index (χ4n) is 2.73. The molecule has 0 amide bonds. The first-order valence-electron chi connectivity index (χ1n) is 6.64. The number of rotatable bonds is 3. The van der Waals surface area contributed by atoms with Crippen molar-refractivity contribution in [1.29, 1.82) is 0 Å². The van der Waals surface area contributed by atoms with Gasteiger partial charge in [-0.2, -0.15) is 0 Å². The Kier molecular flexibility index (Phi) is 3.11. The van der Waals surface area contributed by atoms with Gasteiger partial charge in [-0.05, 0) is 37.1 Å². The topological polar surface area (TPSA) is 64.9 Å². The Labute approximate surface area is 112 Å². The summed E-state index contributed by atoms with van der Waals surface area (Å²) in [6.45, 7) is 2.53. The molecule has 2 heterocycles. The molecule has 3 rings (SSSR count). The van der Waals surface area contributed by atoms with Crippen molar-refractivity contribution >= 4 is 17.5 Å². The van der Waals surface area contributed by atoms with Crippen molar-refractivity contribution in [3.05, 3.63) is 29.8 Å². The number of hydrogen-bond donors (Lipinski definition) is 2. The molecule has 1 aromatic carbocycles. The minimum absolute atomic E-state index is 0.382. The zero-order valence-corrected chi connectivity index (χ0v) is 10.7. The first-order chi connectivity index (χ1) is 9.25. The van der Waals surface area contributed by atoms with Gasteiger partial charge in [-0.1, -0.05) is 0 Å².